The number of amides is 1. The van der Waals surface area contributed by atoms with Crippen molar-refractivity contribution in [2.24, 2.45) is 0 Å². The van der Waals surface area contributed by atoms with Gasteiger partial charge in [-0.2, -0.15) is 0 Å². The third-order valence-corrected chi connectivity index (χ3v) is 3.23. The van der Waals surface area contributed by atoms with Gasteiger partial charge in [0.05, 0.1) is 16.3 Å². The molecule has 7 heteroatoms. The molecule has 0 saturated heterocycles. The molecule has 0 aliphatic heterocycles. The van der Waals surface area contributed by atoms with E-state index in [1.807, 2.05) is 0 Å². The van der Waals surface area contributed by atoms with Gasteiger partial charge in [0.2, 0.25) is 0 Å². The minimum Gasteiger partial charge on any atom is -0.478 e. The van der Waals surface area contributed by atoms with E-state index < -0.39 is 11.9 Å². The molecule has 1 aromatic carbocycles. The number of anilines is 1. The fourth-order valence-electron chi connectivity index (χ4n) is 1.34. The number of hydrogen-bond donors (Lipinski definition) is 2. The molecule has 1 heterocycles. The Morgan fingerprint density at radius 1 is 1.32 bits per heavy atom. The van der Waals surface area contributed by atoms with E-state index in [2.05, 4.69) is 27.9 Å². The maximum absolute atomic E-state index is 11.8. The molecular weight excluding hydrogens is 384 g/mol. The number of carboxylic acid groups (broad SMARTS) is 1. The largest absolute Gasteiger partial charge is 0.478 e. The fourth-order valence-corrected chi connectivity index (χ4v) is 2.25. The maximum atomic E-state index is 11.8. The summed E-state index contributed by atoms with van der Waals surface area (Å²) >= 11 is 8.07. The number of benzene rings is 1. The highest BCUT2D eigenvalue weighted by Gasteiger charge is 2.15. The van der Waals surface area contributed by atoms with Crippen LogP contribution in [0.15, 0.2) is 34.9 Å². The molecule has 0 unspecified atom stereocenters. The predicted octanol–water partition coefficient (Wildman–Crippen LogP) is 3.49. The Labute approximate surface area is 126 Å². The lowest BCUT2D eigenvalue weighted by molar-refractivity contribution is 0.0696. The quantitative estimate of drug-likeness (QED) is 0.785. The van der Waals surface area contributed by atoms with Crippen molar-refractivity contribution in [3.05, 3.63) is 50.4 Å². The van der Waals surface area contributed by atoms with Gasteiger partial charge in [-0.1, -0.05) is 11.6 Å². The molecule has 0 aliphatic rings. The molecule has 0 saturated carbocycles. The van der Waals surface area contributed by atoms with Crippen molar-refractivity contribution >= 4 is 51.8 Å². The number of rotatable bonds is 3. The zero-order valence-electron chi connectivity index (χ0n) is 9.31. The number of hydrogen-bond acceptors (Lipinski definition) is 3. The van der Waals surface area contributed by atoms with Crippen molar-refractivity contribution in [3.63, 3.8) is 0 Å². The summed E-state index contributed by atoms with van der Waals surface area (Å²) in [5.41, 5.74) is 0.346. The maximum Gasteiger partial charge on any atom is 0.338 e. The topological polar surface area (TPSA) is 79.5 Å². The lowest BCUT2D eigenvalue weighted by atomic mass is 10.3. The molecule has 0 bridgehead atoms. The minimum atomic E-state index is -1.16. The van der Waals surface area contributed by atoms with Gasteiger partial charge in [-0.3, -0.25) is 4.79 Å². The van der Waals surface area contributed by atoms with E-state index in [1.54, 1.807) is 18.2 Å². The summed E-state index contributed by atoms with van der Waals surface area (Å²) in [7, 11) is 0. The highest BCUT2D eigenvalue weighted by molar-refractivity contribution is 14.1. The fraction of sp³-hybridized carbons (Fsp3) is 0. The lowest BCUT2D eigenvalue weighted by Gasteiger charge is -2.05. The van der Waals surface area contributed by atoms with Crippen LogP contribution in [-0.4, -0.2) is 17.0 Å². The van der Waals surface area contributed by atoms with Crippen molar-refractivity contribution in [1.82, 2.24) is 0 Å². The van der Waals surface area contributed by atoms with Gasteiger partial charge in [-0.15, -0.1) is 0 Å². The molecule has 2 rings (SSSR count). The molecule has 2 N–H and O–H groups in total. The van der Waals surface area contributed by atoms with Crippen LogP contribution in [0.2, 0.25) is 5.02 Å². The van der Waals surface area contributed by atoms with E-state index in [9.17, 15) is 9.59 Å². The lowest BCUT2D eigenvalue weighted by Crippen LogP contribution is -2.11. The van der Waals surface area contributed by atoms with E-state index in [-0.39, 0.29) is 11.3 Å². The summed E-state index contributed by atoms with van der Waals surface area (Å²) in [6.45, 7) is 0. The number of halogens is 2. The normalized spacial score (nSPS) is 10.2. The SMILES string of the molecule is O=C(O)c1coc(C(=O)Nc2ccc(I)cc2Cl)c1. The molecule has 0 radical (unpaired) electrons. The Morgan fingerprint density at radius 2 is 2.05 bits per heavy atom. The molecule has 19 heavy (non-hydrogen) atoms. The third kappa shape index (κ3) is 3.27. The number of carbonyl (C=O) groups excluding carboxylic acids is 1. The summed E-state index contributed by atoms with van der Waals surface area (Å²) < 4.78 is 5.82. The van der Waals surface area contributed by atoms with Gasteiger partial charge in [0, 0.05) is 9.64 Å². The second-order valence-corrected chi connectivity index (χ2v) is 5.24. The Hall–Kier alpha value is -1.54. The molecule has 1 amide bonds. The van der Waals surface area contributed by atoms with E-state index in [4.69, 9.17) is 21.1 Å². The molecule has 0 fully saturated rings. The Morgan fingerprint density at radius 3 is 2.63 bits per heavy atom. The number of furan rings is 1. The molecule has 0 atom stereocenters. The molecular formula is C12H7ClINO4. The average molecular weight is 392 g/mol. The predicted molar refractivity (Wildman–Crippen MR) is 77.8 cm³/mol. The van der Waals surface area contributed by atoms with E-state index in [0.29, 0.717) is 10.7 Å². The molecule has 0 aliphatic carbocycles. The van der Waals surface area contributed by atoms with Crippen LogP contribution in [0.3, 0.4) is 0 Å². The van der Waals surface area contributed by atoms with E-state index in [0.717, 1.165) is 15.9 Å². The standard InChI is InChI=1S/C12H7ClINO4/c13-8-4-7(14)1-2-9(8)15-11(16)10-3-6(5-19-10)12(17)18/h1-5H,(H,15,16)(H,17,18). The smallest absolute Gasteiger partial charge is 0.338 e. The van der Waals surface area contributed by atoms with E-state index >= 15 is 0 Å². The molecule has 5 nitrogen and oxygen atoms in total. The number of aromatic carboxylic acids is 1. The highest BCUT2D eigenvalue weighted by Crippen LogP contribution is 2.24. The highest BCUT2D eigenvalue weighted by atomic mass is 127. The van der Waals surface area contributed by atoms with Gasteiger partial charge in [0.1, 0.15) is 6.26 Å². The van der Waals surface area contributed by atoms with Crippen LogP contribution in [0.5, 0.6) is 0 Å². The van der Waals surface area contributed by atoms with Crippen LogP contribution >= 0.6 is 34.2 Å². The number of nitrogens with one attached hydrogen (secondary N) is 1. The second kappa shape index (κ2) is 5.62. The summed E-state index contributed by atoms with van der Waals surface area (Å²) in [4.78, 5) is 22.5. The van der Waals surface area contributed by atoms with Crippen LogP contribution in [0, 0.1) is 3.57 Å². The zero-order valence-corrected chi connectivity index (χ0v) is 12.2. The molecule has 98 valence electrons. The zero-order chi connectivity index (χ0) is 14.0. The van der Waals surface area contributed by atoms with Crippen LogP contribution in [0.1, 0.15) is 20.9 Å². The first-order valence-electron chi connectivity index (χ1n) is 5.05. The molecule has 1 aromatic heterocycles. The van der Waals surface area contributed by atoms with Crippen LogP contribution in [0.25, 0.3) is 0 Å². The van der Waals surface area contributed by atoms with Crippen LogP contribution in [-0.2, 0) is 0 Å². The minimum absolute atomic E-state index is 0.0844. The van der Waals surface area contributed by atoms with Crippen molar-refractivity contribution in [2.75, 3.05) is 5.32 Å². The van der Waals surface area contributed by atoms with Crippen molar-refractivity contribution < 1.29 is 19.1 Å². The molecule has 2 aromatic rings. The van der Waals surface area contributed by atoms with E-state index in [1.165, 1.54) is 0 Å². The Bertz CT molecular complexity index is 653. The van der Waals surface area contributed by atoms with Crippen molar-refractivity contribution in [3.8, 4) is 0 Å². The van der Waals surface area contributed by atoms with Gasteiger partial charge in [-0.05, 0) is 40.8 Å². The van der Waals surface area contributed by atoms with Gasteiger partial charge < -0.3 is 14.8 Å². The Kier molecular flexibility index (Phi) is 4.11. The average Bonchev–Trinajstić information content (AvgIpc) is 2.82. The summed E-state index contributed by atoms with van der Waals surface area (Å²) in [6.07, 6.45) is 1.01. The van der Waals surface area contributed by atoms with Gasteiger partial charge >= 0.3 is 5.97 Å². The second-order valence-electron chi connectivity index (χ2n) is 3.58. The van der Waals surface area contributed by atoms with Crippen molar-refractivity contribution in [2.45, 2.75) is 0 Å². The number of carboxylic acids is 1. The van der Waals surface area contributed by atoms with Crippen LogP contribution < -0.4 is 5.32 Å². The third-order valence-electron chi connectivity index (χ3n) is 2.25. The molecule has 0 spiro atoms. The summed E-state index contributed by atoms with van der Waals surface area (Å²) in [5.74, 6) is -1.81. The first-order valence-corrected chi connectivity index (χ1v) is 6.51. The van der Waals surface area contributed by atoms with Crippen LogP contribution in [0.4, 0.5) is 5.69 Å². The van der Waals surface area contributed by atoms with Gasteiger partial charge in [0.15, 0.2) is 5.76 Å². The summed E-state index contributed by atoms with van der Waals surface area (Å²) in [5, 5.41) is 11.7. The van der Waals surface area contributed by atoms with Crippen molar-refractivity contribution in [1.29, 1.82) is 0 Å². The Balaban J connectivity index is 2.18. The van der Waals surface area contributed by atoms with Gasteiger partial charge in [0.25, 0.3) is 5.91 Å². The first kappa shape index (κ1) is 13.9. The number of carbonyl (C=O) groups is 2. The van der Waals surface area contributed by atoms with Gasteiger partial charge in [-0.25, -0.2) is 4.79 Å². The summed E-state index contributed by atoms with van der Waals surface area (Å²) in [6, 6.07) is 6.29. The monoisotopic (exact) mass is 391 g/mol. The first-order chi connectivity index (χ1) is 8.97.